The van der Waals surface area contributed by atoms with Gasteiger partial charge in [0.25, 0.3) is 0 Å². The Morgan fingerprint density at radius 1 is 1.06 bits per heavy atom. The Morgan fingerprint density at radius 3 is 2.06 bits per heavy atom. The van der Waals surface area contributed by atoms with E-state index in [1.807, 2.05) is 12.1 Å². The highest BCUT2D eigenvalue weighted by Crippen LogP contribution is 2.16. The monoisotopic (exact) mass is 248 g/mol. The van der Waals surface area contributed by atoms with Gasteiger partial charge in [0, 0.05) is 24.8 Å². The van der Waals surface area contributed by atoms with E-state index in [1.54, 1.807) is 0 Å². The van der Waals surface area contributed by atoms with Crippen LogP contribution < -0.4 is 5.73 Å². The van der Waals surface area contributed by atoms with Gasteiger partial charge in [-0.1, -0.05) is 38.8 Å². The molecule has 1 rings (SSSR count). The normalized spacial score (nSPS) is 11.7. The molecule has 0 aliphatic heterocycles. The molecule has 0 radical (unpaired) electrons. The first-order valence-corrected chi connectivity index (χ1v) is 7.15. The zero-order valence-corrected chi connectivity index (χ0v) is 12.3. The molecule has 0 atom stereocenters. The Morgan fingerprint density at radius 2 is 1.61 bits per heavy atom. The van der Waals surface area contributed by atoms with Crippen LogP contribution in [0, 0.1) is 5.92 Å². The molecule has 2 nitrogen and oxygen atoms in total. The first-order chi connectivity index (χ1) is 8.56. The summed E-state index contributed by atoms with van der Waals surface area (Å²) >= 11 is 0. The predicted octanol–water partition coefficient (Wildman–Crippen LogP) is 3.92. The number of nitrogen functional groups attached to an aromatic ring is 1. The maximum atomic E-state index is 5.73. The quantitative estimate of drug-likeness (QED) is 0.741. The van der Waals surface area contributed by atoms with Gasteiger partial charge in [-0.25, -0.2) is 0 Å². The van der Waals surface area contributed by atoms with Crippen molar-refractivity contribution in [2.24, 2.45) is 5.92 Å². The summed E-state index contributed by atoms with van der Waals surface area (Å²) in [6.07, 6.45) is 2.53. The third kappa shape index (κ3) is 4.69. The van der Waals surface area contributed by atoms with E-state index < -0.39 is 0 Å². The van der Waals surface area contributed by atoms with E-state index in [2.05, 4.69) is 44.7 Å². The molecule has 0 heterocycles. The lowest BCUT2D eigenvalue weighted by Gasteiger charge is -2.30. The van der Waals surface area contributed by atoms with Gasteiger partial charge in [-0.05, 0) is 37.5 Å². The molecule has 0 unspecified atom stereocenters. The number of nitrogens with two attached hydrogens (primary N) is 1. The molecule has 0 spiro atoms. The standard InChI is InChI=1S/C16H28N2/c1-5-14(6-2)11-18(13(3)4)12-15-7-9-16(17)10-8-15/h7-10,13-14H,5-6,11-12,17H2,1-4H3. The summed E-state index contributed by atoms with van der Waals surface area (Å²) in [5.41, 5.74) is 7.92. The van der Waals surface area contributed by atoms with E-state index in [0.717, 1.165) is 18.2 Å². The lowest BCUT2D eigenvalue weighted by atomic mass is 10.0. The molecule has 0 amide bonds. The number of rotatable bonds is 7. The van der Waals surface area contributed by atoms with Gasteiger partial charge in [-0.3, -0.25) is 4.90 Å². The third-order valence-corrected chi connectivity index (χ3v) is 3.74. The topological polar surface area (TPSA) is 29.3 Å². The van der Waals surface area contributed by atoms with Crippen molar-refractivity contribution in [2.75, 3.05) is 12.3 Å². The first kappa shape index (κ1) is 15.0. The molecule has 0 saturated carbocycles. The summed E-state index contributed by atoms with van der Waals surface area (Å²) in [6, 6.07) is 8.84. The Bertz CT molecular complexity index is 325. The van der Waals surface area contributed by atoms with E-state index in [1.165, 1.54) is 24.9 Å². The maximum absolute atomic E-state index is 5.73. The van der Waals surface area contributed by atoms with Crippen molar-refractivity contribution in [3.8, 4) is 0 Å². The Labute approximate surface area is 112 Å². The number of hydrogen-bond donors (Lipinski definition) is 1. The molecule has 0 saturated heterocycles. The minimum absolute atomic E-state index is 0.586. The van der Waals surface area contributed by atoms with Crippen LogP contribution in [0.25, 0.3) is 0 Å². The van der Waals surface area contributed by atoms with Gasteiger partial charge in [0.1, 0.15) is 0 Å². The van der Waals surface area contributed by atoms with Crippen LogP contribution in [0.4, 0.5) is 5.69 Å². The molecule has 0 bridgehead atoms. The van der Waals surface area contributed by atoms with E-state index in [-0.39, 0.29) is 0 Å². The summed E-state index contributed by atoms with van der Waals surface area (Å²) < 4.78 is 0. The van der Waals surface area contributed by atoms with Gasteiger partial charge in [0.15, 0.2) is 0 Å². The van der Waals surface area contributed by atoms with Gasteiger partial charge >= 0.3 is 0 Å². The van der Waals surface area contributed by atoms with Crippen LogP contribution in [-0.4, -0.2) is 17.5 Å². The van der Waals surface area contributed by atoms with E-state index in [0.29, 0.717) is 6.04 Å². The molecule has 0 fully saturated rings. The molecule has 0 aliphatic carbocycles. The lowest BCUT2D eigenvalue weighted by molar-refractivity contribution is 0.174. The van der Waals surface area contributed by atoms with Crippen molar-refractivity contribution in [1.29, 1.82) is 0 Å². The van der Waals surface area contributed by atoms with Gasteiger partial charge in [0.2, 0.25) is 0 Å². The highest BCUT2D eigenvalue weighted by atomic mass is 15.1. The number of anilines is 1. The Kier molecular flexibility index (Phi) is 6.20. The lowest BCUT2D eigenvalue weighted by Crippen LogP contribution is -2.34. The first-order valence-electron chi connectivity index (χ1n) is 7.15. The summed E-state index contributed by atoms with van der Waals surface area (Å²) in [4.78, 5) is 2.56. The van der Waals surface area contributed by atoms with Crippen LogP contribution in [0.2, 0.25) is 0 Å². The smallest absolute Gasteiger partial charge is 0.0314 e. The predicted molar refractivity (Wildman–Crippen MR) is 80.5 cm³/mol. The molecule has 1 aromatic carbocycles. The highest BCUT2D eigenvalue weighted by molar-refractivity contribution is 5.39. The van der Waals surface area contributed by atoms with E-state index in [9.17, 15) is 0 Å². The second kappa shape index (κ2) is 7.42. The van der Waals surface area contributed by atoms with Crippen molar-refractivity contribution in [3.63, 3.8) is 0 Å². The van der Waals surface area contributed by atoms with Crippen molar-refractivity contribution >= 4 is 5.69 Å². The van der Waals surface area contributed by atoms with Crippen molar-refractivity contribution < 1.29 is 0 Å². The minimum atomic E-state index is 0.586. The SMILES string of the molecule is CCC(CC)CN(Cc1ccc(N)cc1)C(C)C. The molecule has 2 N–H and O–H groups in total. The molecule has 0 aliphatic rings. The van der Waals surface area contributed by atoms with Crippen molar-refractivity contribution in [3.05, 3.63) is 29.8 Å². The van der Waals surface area contributed by atoms with Crippen molar-refractivity contribution in [1.82, 2.24) is 4.90 Å². The second-order valence-corrected chi connectivity index (χ2v) is 5.45. The molecular formula is C16H28N2. The fourth-order valence-electron chi connectivity index (χ4n) is 2.19. The zero-order chi connectivity index (χ0) is 13.5. The van der Waals surface area contributed by atoms with Crippen LogP contribution >= 0.6 is 0 Å². The minimum Gasteiger partial charge on any atom is -0.399 e. The molecule has 1 aromatic rings. The molecule has 18 heavy (non-hydrogen) atoms. The van der Waals surface area contributed by atoms with Crippen molar-refractivity contribution in [2.45, 2.75) is 53.1 Å². The van der Waals surface area contributed by atoms with Gasteiger partial charge in [-0.2, -0.15) is 0 Å². The zero-order valence-electron chi connectivity index (χ0n) is 12.3. The third-order valence-electron chi connectivity index (χ3n) is 3.74. The van der Waals surface area contributed by atoms with Crippen LogP contribution in [0.3, 0.4) is 0 Å². The second-order valence-electron chi connectivity index (χ2n) is 5.45. The summed E-state index contributed by atoms with van der Waals surface area (Å²) in [6.45, 7) is 11.3. The average molecular weight is 248 g/mol. The van der Waals surface area contributed by atoms with E-state index in [4.69, 9.17) is 5.73 Å². The Balaban J connectivity index is 2.65. The van der Waals surface area contributed by atoms with Gasteiger partial charge in [-0.15, -0.1) is 0 Å². The molecule has 2 heteroatoms. The van der Waals surface area contributed by atoms with E-state index >= 15 is 0 Å². The van der Waals surface area contributed by atoms with Gasteiger partial charge in [0.05, 0.1) is 0 Å². The number of nitrogens with zero attached hydrogens (tertiary/aromatic N) is 1. The number of hydrogen-bond acceptors (Lipinski definition) is 2. The largest absolute Gasteiger partial charge is 0.399 e. The average Bonchev–Trinajstić information content (AvgIpc) is 2.36. The van der Waals surface area contributed by atoms with Crippen LogP contribution in [0.15, 0.2) is 24.3 Å². The summed E-state index contributed by atoms with van der Waals surface area (Å²) in [5.74, 6) is 0.807. The summed E-state index contributed by atoms with van der Waals surface area (Å²) in [7, 11) is 0. The molecular weight excluding hydrogens is 220 g/mol. The number of benzene rings is 1. The highest BCUT2D eigenvalue weighted by Gasteiger charge is 2.14. The molecule has 102 valence electrons. The van der Waals surface area contributed by atoms with Crippen LogP contribution in [0.5, 0.6) is 0 Å². The van der Waals surface area contributed by atoms with Crippen LogP contribution in [-0.2, 0) is 6.54 Å². The molecule has 0 aromatic heterocycles. The fourth-order valence-corrected chi connectivity index (χ4v) is 2.19. The Hall–Kier alpha value is -1.02. The fraction of sp³-hybridized carbons (Fsp3) is 0.625. The summed E-state index contributed by atoms with van der Waals surface area (Å²) in [5, 5.41) is 0. The van der Waals surface area contributed by atoms with Crippen LogP contribution in [0.1, 0.15) is 46.1 Å². The van der Waals surface area contributed by atoms with Gasteiger partial charge < -0.3 is 5.73 Å². The maximum Gasteiger partial charge on any atom is 0.0314 e.